The largest absolute Gasteiger partial charge is 0.445 e. The standard InChI is InChI=1S/C54H69N5O28S3/c1-4-6-16-30(5-2)26-76-53(65)58-36-24-37-44(45(85-88(67,68)69)40(55-3)49(80-37)84-50-47(87-90(73,74)75)42(62)39(38(25-60)81-50)59-54(66)79-29-33-21-14-9-15-22-33)83-48(36)82-43-35(57-52(64)78-28-32-19-12-8-13-20-32)23-34(41(61)46(43)86-89(70,71)72)56-51(63)77-27-31-17-10-7-11-18-31/h4-22,34-50,55,60-62H,2,23-29H2,1,3H3,(H,56,63)(H,57,64)(H,58,65)(H,59,66)(H,67,68,69)(H,70,71,72)(H,73,74,75)/b6-4-,30-16+/t34-,35+,36-,37+,38-,39-,40+,41+,42+,43-,44+,45-,46-,47-,48+,49-,50-/m1/s1. The van der Waals surface area contributed by atoms with E-state index in [0.717, 1.165) is 0 Å². The van der Waals surface area contributed by atoms with Gasteiger partial charge in [0, 0.05) is 6.42 Å². The lowest BCUT2D eigenvalue weighted by Gasteiger charge is -2.52. The fraction of sp³-hybridized carbons (Fsp3) is 0.481. The highest BCUT2D eigenvalue weighted by Gasteiger charge is 2.59. The number of ether oxygens (including phenoxy) is 9. The van der Waals surface area contributed by atoms with E-state index in [4.69, 9.17) is 55.2 Å². The number of aliphatic hydroxyl groups is 3. The number of benzene rings is 3. The molecule has 3 heterocycles. The van der Waals surface area contributed by atoms with E-state index in [1.165, 1.54) is 13.1 Å². The second kappa shape index (κ2) is 32.5. The summed E-state index contributed by atoms with van der Waals surface area (Å²) >= 11 is 0. The van der Waals surface area contributed by atoms with Crippen molar-refractivity contribution in [2.45, 2.75) is 144 Å². The third-order valence-corrected chi connectivity index (χ3v) is 15.5. The molecule has 33 nitrogen and oxygen atoms in total. The molecule has 0 radical (unpaired) electrons. The van der Waals surface area contributed by atoms with E-state index < -0.39 is 186 Å². The Labute approximate surface area is 516 Å². The van der Waals surface area contributed by atoms with Gasteiger partial charge in [-0.1, -0.05) is 122 Å². The van der Waals surface area contributed by atoms with Crippen molar-refractivity contribution in [2.24, 2.45) is 0 Å². The molecule has 0 unspecified atom stereocenters. The minimum Gasteiger partial charge on any atom is -0.445 e. The molecule has 4 aliphatic rings. The van der Waals surface area contributed by atoms with Crippen LogP contribution in [-0.2, 0) is 106 Å². The van der Waals surface area contributed by atoms with Crippen LogP contribution in [0.2, 0.25) is 0 Å². The van der Waals surface area contributed by atoms with Gasteiger partial charge >= 0.3 is 55.6 Å². The summed E-state index contributed by atoms with van der Waals surface area (Å²) in [6, 6.07) is 16.3. The number of fused-ring (bicyclic) bond motifs is 1. The average Bonchev–Trinajstić information content (AvgIpc) is 0.780. The van der Waals surface area contributed by atoms with Crippen LogP contribution in [0.4, 0.5) is 19.2 Å². The Kier molecular flexibility index (Phi) is 25.5. The first-order valence-corrected chi connectivity index (χ1v) is 31.5. The number of alkyl carbamates (subject to hydrolysis) is 4. The van der Waals surface area contributed by atoms with Crippen molar-refractivity contribution in [1.29, 1.82) is 0 Å². The fourth-order valence-corrected chi connectivity index (χ4v) is 11.6. The van der Waals surface area contributed by atoms with Gasteiger partial charge in [-0.3, -0.25) is 13.7 Å². The third kappa shape index (κ3) is 20.9. The summed E-state index contributed by atoms with van der Waals surface area (Å²) in [6.45, 7) is 3.01. The number of amides is 4. The van der Waals surface area contributed by atoms with Gasteiger partial charge in [0.1, 0.15) is 69.2 Å². The topological polar surface area (TPSA) is 463 Å². The maximum atomic E-state index is 13.9. The van der Waals surface area contributed by atoms with Crippen LogP contribution in [0.1, 0.15) is 36.5 Å². The van der Waals surface area contributed by atoms with Crippen LogP contribution < -0.4 is 26.6 Å². The van der Waals surface area contributed by atoms with E-state index in [0.29, 0.717) is 22.3 Å². The molecule has 7 rings (SSSR count). The molecule has 36 heteroatoms. The molecule has 1 aliphatic carbocycles. The quantitative estimate of drug-likeness (QED) is 0.0302. The molecule has 3 saturated heterocycles. The number of carbonyl (C=O) groups is 4. The van der Waals surface area contributed by atoms with Crippen molar-refractivity contribution in [3.63, 3.8) is 0 Å². The van der Waals surface area contributed by atoms with Crippen LogP contribution in [0.3, 0.4) is 0 Å². The van der Waals surface area contributed by atoms with Crippen molar-refractivity contribution in [1.82, 2.24) is 26.6 Å². The molecule has 17 atom stereocenters. The molecule has 1 saturated carbocycles. The number of rotatable bonds is 26. The Morgan fingerprint density at radius 1 is 0.567 bits per heavy atom. The zero-order valence-electron chi connectivity index (χ0n) is 47.8. The third-order valence-electron chi connectivity index (χ3n) is 14.1. The summed E-state index contributed by atoms with van der Waals surface area (Å²) in [7, 11) is -15.7. The SMILES string of the molecule is C=C/C(=C\C=C/C)COC(=O)N[C@@H]1C[C@@H]2O[C@H](O[C@H]3O[C@H](CO)[C@@H](NC(=O)OCc4ccccc4)[C@H](O)[C@H]3OS(=O)(=O)O)[C@@H](NC)[C@@H](OS(=O)(=O)O)[C@H]2O[C@@H]1O[C@H]1[C@H](OS(=O)(=O)O)[C@@H](O)[C@H](NC(=O)OCc2ccccc2)C[C@@H]1NC(=O)OCc1ccccc1. The normalized spacial score (nSPS) is 29.8. The van der Waals surface area contributed by atoms with E-state index in [1.807, 2.05) is 0 Å². The first kappa shape index (κ1) is 70.7. The van der Waals surface area contributed by atoms with Crippen LogP contribution in [0.15, 0.2) is 127 Å². The maximum Gasteiger partial charge on any atom is 0.407 e. The minimum absolute atomic E-state index is 0.287. The molecule has 0 spiro atoms. The molecule has 0 aromatic heterocycles. The predicted molar refractivity (Wildman–Crippen MR) is 304 cm³/mol. The first-order valence-electron chi connectivity index (χ1n) is 27.4. The lowest BCUT2D eigenvalue weighted by molar-refractivity contribution is -0.370. The molecule has 4 fully saturated rings. The van der Waals surface area contributed by atoms with Gasteiger partial charge in [-0.2, -0.15) is 25.3 Å². The van der Waals surface area contributed by atoms with Crippen molar-refractivity contribution in [3.05, 3.63) is 144 Å². The molecule has 3 aromatic carbocycles. The number of hydrogen-bond donors (Lipinski definition) is 11. The van der Waals surface area contributed by atoms with Gasteiger partial charge in [0.25, 0.3) is 0 Å². The minimum atomic E-state index is -5.66. The zero-order valence-corrected chi connectivity index (χ0v) is 50.3. The van der Waals surface area contributed by atoms with E-state index in [2.05, 4.69) is 33.2 Å². The number of carbonyl (C=O) groups excluding carboxylic acids is 4. The van der Waals surface area contributed by atoms with Gasteiger partial charge in [0.15, 0.2) is 25.0 Å². The Balaban J connectivity index is 1.23. The summed E-state index contributed by atoms with van der Waals surface area (Å²) in [4.78, 5) is 54.0. The van der Waals surface area contributed by atoms with Gasteiger partial charge in [0.05, 0.1) is 42.9 Å². The molecular formula is C54H69N5O28S3. The number of likely N-dealkylation sites (N-methyl/N-ethyl adjacent to an activating group) is 1. The molecular weight excluding hydrogens is 1260 g/mol. The van der Waals surface area contributed by atoms with Crippen LogP contribution in [0.5, 0.6) is 0 Å². The number of nitrogens with one attached hydrogen (secondary N) is 5. The fourth-order valence-electron chi connectivity index (χ4n) is 10.1. The van der Waals surface area contributed by atoms with Crippen molar-refractivity contribution < 1.29 is 129 Å². The number of aliphatic hydroxyl groups excluding tert-OH is 3. The van der Waals surface area contributed by atoms with Gasteiger partial charge in [0.2, 0.25) is 0 Å². The van der Waals surface area contributed by atoms with Crippen molar-refractivity contribution >= 4 is 55.6 Å². The average molecular weight is 1330 g/mol. The predicted octanol–water partition coefficient (Wildman–Crippen LogP) is 0.891. The van der Waals surface area contributed by atoms with E-state index in [1.54, 1.807) is 116 Å². The summed E-state index contributed by atoms with van der Waals surface area (Å²) < 4.78 is 174. The van der Waals surface area contributed by atoms with E-state index in [-0.39, 0.29) is 19.8 Å². The highest BCUT2D eigenvalue weighted by molar-refractivity contribution is 7.81. The van der Waals surface area contributed by atoms with Gasteiger partial charge in [-0.05, 0) is 42.7 Å². The summed E-state index contributed by atoms with van der Waals surface area (Å²) in [5, 5.41) is 46.4. The summed E-state index contributed by atoms with van der Waals surface area (Å²) in [5.41, 5.74) is 1.95. The Bertz CT molecular complexity index is 3290. The molecule has 3 aromatic rings. The highest BCUT2D eigenvalue weighted by atomic mass is 32.3. The number of hydrogen-bond acceptors (Lipinski definition) is 26. The smallest absolute Gasteiger partial charge is 0.407 e. The second-order valence-electron chi connectivity index (χ2n) is 20.4. The monoisotopic (exact) mass is 1330 g/mol. The van der Waals surface area contributed by atoms with Gasteiger partial charge < -0.3 is 84.5 Å². The molecule has 11 N–H and O–H groups in total. The Hall–Kier alpha value is -6.79. The van der Waals surface area contributed by atoms with Gasteiger partial charge in [-0.15, -0.1) is 0 Å². The van der Waals surface area contributed by atoms with Crippen LogP contribution >= 0.6 is 0 Å². The summed E-state index contributed by atoms with van der Waals surface area (Å²) in [6.07, 6.45) is -25.1. The Morgan fingerprint density at radius 3 is 1.56 bits per heavy atom. The number of allylic oxidation sites excluding steroid dienone is 3. The van der Waals surface area contributed by atoms with Crippen molar-refractivity contribution in [2.75, 3.05) is 20.3 Å². The van der Waals surface area contributed by atoms with Crippen LogP contribution in [-0.4, -0.2) is 203 Å². The van der Waals surface area contributed by atoms with E-state index in [9.17, 15) is 73.4 Å². The van der Waals surface area contributed by atoms with Crippen molar-refractivity contribution in [3.8, 4) is 0 Å². The molecule has 3 aliphatic heterocycles. The first-order chi connectivity index (χ1) is 42.7. The van der Waals surface area contributed by atoms with Gasteiger partial charge in [-0.25, -0.2) is 31.7 Å². The van der Waals surface area contributed by atoms with E-state index >= 15 is 0 Å². The highest BCUT2D eigenvalue weighted by Crippen LogP contribution is 2.39. The molecule has 4 amide bonds. The lowest BCUT2D eigenvalue weighted by atomic mass is 9.83. The van der Waals surface area contributed by atoms with Crippen LogP contribution in [0, 0.1) is 0 Å². The Morgan fingerprint density at radius 2 is 1.06 bits per heavy atom. The maximum absolute atomic E-state index is 13.9. The van der Waals surface area contributed by atoms with Crippen LogP contribution in [0.25, 0.3) is 0 Å². The lowest BCUT2D eigenvalue weighted by Crippen LogP contribution is -2.72. The second-order valence-corrected chi connectivity index (χ2v) is 23.5. The molecule has 496 valence electrons. The summed E-state index contributed by atoms with van der Waals surface area (Å²) in [5.74, 6) is 0. The molecule has 0 bridgehead atoms. The zero-order chi connectivity index (χ0) is 65.3. The molecule has 90 heavy (non-hydrogen) atoms.